The summed E-state index contributed by atoms with van der Waals surface area (Å²) in [6.45, 7) is 2.33. The third-order valence-corrected chi connectivity index (χ3v) is 8.55. The van der Waals surface area contributed by atoms with Crippen LogP contribution in [0.15, 0.2) is 53.4 Å². The van der Waals surface area contributed by atoms with Crippen molar-refractivity contribution in [2.24, 2.45) is 0 Å². The number of halogens is 1. The first-order valence-corrected chi connectivity index (χ1v) is 13.4. The molecule has 10 nitrogen and oxygen atoms in total. The minimum absolute atomic E-state index is 0.0146. The smallest absolute Gasteiger partial charge is 0.325 e. The van der Waals surface area contributed by atoms with E-state index in [1.54, 1.807) is 24.3 Å². The van der Waals surface area contributed by atoms with Crippen LogP contribution < -0.4 is 10.6 Å². The number of carbonyl (C=O) groups excluding carboxylic acids is 3. The van der Waals surface area contributed by atoms with Gasteiger partial charge in [0.15, 0.2) is 0 Å². The number of nitrogens with zero attached hydrogens (tertiary/aromatic N) is 2. The molecule has 0 radical (unpaired) electrons. The van der Waals surface area contributed by atoms with Crippen molar-refractivity contribution in [3.63, 3.8) is 0 Å². The van der Waals surface area contributed by atoms with Gasteiger partial charge in [-0.05, 0) is 30.2 Å². The van der Waals surface area contributed by atoms with Gasteiger partial charge in [-0.3, -0.25) is 14.5 Å². The Morgan fingerprint density at radius 2 is 1.83 bits per heavy atom. The SMILES string of the molecule is CCC[C@]1(c2ccccc2)NC(=O)N(CC(=O)Nc2ccc(Cl)c(S(=O)(=O)N3CCOCC3)c2)C1=O. The average Bonchev–Trinajstić information content (AvgIpc) is 3.11. The van der Waals surface area contributed by atoms with Crippen molar-refractivity contribution >= 4 is 45.2 Å². The predicted molar refractivity (Wildman–Crippen MR) is 133 cm³/mol. The Labute approximate surface area is 214 Å². The van der Waals surface area contributed by atoms with E-state index in [1.165, 1.54) is 22.5 Å². The van der Waals surface area contributed by atoms with Crippen LogP contribution in [-0.4, -0.2) is 68.3 Å². The number of urea groups is 1. The first-order chi connectivity index (χ1) is 17.2. The molecule has 4 rings (SSSR count). The van der Waals surface area contributed by atoms with E-state index in [1.807, 2.05) is 13.0 Å². The summed E-state index contributed by atoms with van der Waals surface area (Å²) in [6.07, 6.45) is 1.01. The van der Waals surface area contributed by atoms with Crippen molar-refractivity contribution in [2.45, 2.75) is 30.2 Å². The summed E-state index contributed by atoms with van der Waals surface area (Å²) in [7, 11) is -3.90. The molecule has 2 aliphatic heterocycles. The van der Waals surface area contributed by atoms with Crippen LogP contribution in [0.25, 0.3) is 0 Å². The average molecular weight is 535 g/mol. The van der Waals surface area contributed by atoms with Crippen molar-refractivity contribution in [1.82, 2.24) is 14.5 Å². The van der Waals surface area contributed by atoms with Crippen molar-refractivity contribution < 1.29 is 27.5 Å². The number of anilines is 1. The van der Waals surface area contributed by atoms with E-state index >= 15 is 0 Å². The highest BCUT2D eigenvalue weighted by atomic mass is 35.5. The molecule has 0 unspecified atom stereocenters. The number of hydrogen-bond donors (Lipinski definition) is 2. The van der Waals surface area contributed by atoms with Crippen molar-refractivity contribution in [3.05, 3.63) is 59.1 Å². The molecule has 2 N–H and O–H groups in total. The van der Waals surface area contributed by atoms with Gasteiger partial charge in [-0.2, -0.15) is 4.31 Å². The molecule has 2 saturated heterocycles. The molecule has 0 saturated carbocycles. The molecule has 192 valence electrons. The summed E-state index contributed by atoms with van der Waals surface area (Å²) in [4.78, 5) is 39.7. The molecule has 2 fully saturated rings. The fourth-order valence-corrected chi connectivity index (χ4v) is 6.33. The molecule has 2 aliphatic rings. The molecule has 36 heavy (non-hydrogen) atoms. The van der Waals surface area contributed by atoms with Gasteiger partial charge in [0, 0.05) is 18.8 Å². The number of nitrogens with one attached hydrogen (secondary N) is 2. The number of hydrogen-bond acceptors (Lipinski definition) is 6. The first-order valence-electron chi connectivity index (χ1n) is 11.6. The van der Waals surface area contributed by atoms with Crippen LogP contribution in [0.2, 0.25) is 5.02 Å². The molecule has 4 amide bonds. The van der Waals surface area contributed by atoms with Crippen molar-refractivity contribution in [2.75, 3.05) is 38.2 Å². The van der Waals surface area contributed by atoms with E-state index < -0.39 is 40.0 Å². The Balaban J connectivity index is 1.51. The maximum Gasteiger partial charge on any atom is 0.325 e. The lowest BCUT2D eigenvalue weighted by molar-refractivity contribution is -0.134. The standard InChI is InChI=1S/C24H27ClN4O6S/c1-2-10-24(17-6-4-3-5-7-17)22(31)29(23(32)27-24)16-21(30)26-18-8-9-19(25)20(15-18)36(33,34)28-11-13-35-14-12-28/h3-9,15H,2,10-14,16H2,1H3,(H,26,30)(H,27,32)/t24-/m1/s1. The second-order valence-electron chi connectivity index (χ2n) is 8.55. The van der Waals surface area contributed by atoms with Crippen LogP contribution in [0, 0.1) is 0 Å². The molecule has 0 aromatic heterocycles. The van der Waals surface area contributed by atoms with Crippen LogP contribution in [-0.2, 0) is 29.9 Å². The second-order valence-corrected chi connectivity index (χ2v) is 10.9. The van der Waals surface area contributed by atoms with Crippen LogP contribution >= 0.6 is 11.6 Å². The lowest BCUT2D eigenvalue weighted by Crippen LogP contribution is -2.44. The molecule has 2 aromatic rings. The normalized spacial score (nSPS) is 20.9. The van der Waals surface area contributed by atoms with Crippen molar-refractivity contribution in [1.29, 1.82) is 0 Å². The van der Waals surface area contributed by atoms with Gasteiger partial charge in [0.25, 0.3) is 5.91 Å². The number of imide groups is 1. The van der Waals surface area contributed by atoms with Crippen LogP contribution in [0.1, 0.15) is 25.3 Å². The number of sulfonamides is 1. The van der Waals surface area contributed by atoms with E-state index in [-0.39, 0.29) is 41.9 Å². The lowest BCUT2D eigenvalue weighted by atomic mass is 9.85. The largest absolute Gasteiger partial charge is 0.379 e. The van der Waals surface area contributed by atoms with Gasteiger partial charge in [-0.15, -0.1) is 0 Å². The Morgan fingerprint density at radius 3 is 2.50 bits per heavy atom. The summed E-state index contributed by atoms with van der Waals surface area (Å²) in [5.74, 6) is -1.17. The zero-order valence-corrected chi connectivity index (χ0v) is 21.3. The van der Waals surface area contributed by atoms with E-state index in [4.69, 9.17) is 16.3 Å². The topological polar surface area (TPSA) is 125 Å². The van der Waals surface area contributed by atoms with E-state index in [9.17, 15) is 22.8 Å². The molecule has 0 aliphatic carbocycles. The van der Waals surface area contributed by atoms with Gasteiger partial charge >= 0.3 is 6.03 Å². The third-order valence-electron chi connectivity index (χ3n) is 6.17. The van der Waals surface area contributed by atoms with Crippen LogP contribution in [0.4, 0.5) is 10.5 Å². The Bertz CT molecular complexity index is 1270. The molecular formula is C24H27ClN4O6S. The monoisotopic (exact) mass is 534 g/mol. The van der Waals surface area contributed by atoms with Crippen molar-refractivity contribution in [3.8, 4) is 0 Å². The second kappa shape index (κ2) is 10.6. The quantitative estimate of drug-likeness (QED) is 0.501. The van der Waals surface area contributed by atoms with Crippen LogP contribution in [0.3, 0.4) is 0 Å². The lowest BCUT2D eigenvalue weighted by Gasteiger charge is -2.27. The zero-order valence-electron chi connectivity index (χ0n) is 19.7. The number of amides is 4. The predicted octanol–water partition coefficient (Wildman–Crippen LogP) is 2.55. The molecule has 12 heteroatoms. The molecule has 0 spiro atoms. The summed E-state index contributed by atoms with van der Waals surface area (Å²) >= 11 is 6.18. The minimum Gasteiger partial charge on any atom is -0.379 e. The first kappa shape index (κ1) is 26.1. The molecule has 2 aromatic carbocycles. The molecule has 2 heterocycles. The van der Waals surface area contributed by atoms with E-state index in [0.717, 1.165) is 4.90 Å². The number of morpholine rings is 1. The van der Waals surface area contributed by atoms with E-state index in [0.29, 0.717) is 18.4 Å². The van der Waals surface area contributed by atoms with Gasteiger partial charge < -0.3 is 15.4 Å². The van der Waals surface area contributed by atoms with Crippen LogP contribution in [0.5, 0.6) is 0 Å². The number of benzene rings is 2. The maximum atomic E-state index is 13.4. The molecule has 1 atom stereocenters. The minimum atomic E-state index is -3.90. The van der Waals surface area contributed by atoms with Gasteiger partial charge in [-0.25, -0.2) is 13.2 Å². The highest BCUT2D eigenvalue weighted by Gasteiger charge is 2.52. The van der Waals surface area contributed by atoms with Gasteiger partial charge in [0.1, 0.15) is 17.0 Å². The fraction of sp³-hybridized carbons (Fsp3) is 0.375. The van der Waals surface area contributed by atoms with Gasteiger partial charge in [0.2, 0.25) is 15.9 Å². The summed E-state index contributed by atoms with van der Waals surface area (Å²) in [5.41, 5.74) is -0.428. The number of carbonyl (C=O) groups is 3. The number of ether oxygens (including phenoxy) is 1. The maximum absolute atomic E-state index is 13.4. The third kappa shape index (κ3) is 4.96. The van der Waals surface area contributed by atoms with Gasteiger partial charge in [-0.1, -0.05) is 55.3 Å². The zero-order chi connectivity index (χ0) is 25.9. The number of rotatable bonds is 8. The fourth-order valence-electron chi connectivity index (χ4n) is 4.43. The Kier molecular flexibility index (Phi) is 7.65. The Hall–Kier alpha value is -2.99. The summed E-state index contributed by atoms with van der Waals surface area (Å²) in [5, 5.41) is 5.36. The van der Waals surface area contributed by atoms with Gasteiger partial charge in [0.05, 0.1) is 18.2 Å². The highest BCUT2D eigenvalue weighted by molar-refractivity contribution is 7.89. The summed E-state index contributed by atoms with van der Waals surface area (Å²) in [6, 6.07) is 12.3. The Morgan fingerprint density at radius 1 is 1.14 bits per heavy atom. The summed E-state index contributed by atoms with van der Waals surface area (Å²) < 4.78 is 32.6. The molecular weight excluding hydrogens is 508 g/mol. The van der Waals surface area contributed by atoms with E-state index in [2.05, 4.69) is 10.6 Å². The highest BCUT2D eigenvalue weighted by Crippen LogP contribution is 2.34. The molecule has 0 bridgehead atoms.